The van der Waals surface area contributed by atoms with Crippen LogP contribution in [0.3, 0.4) is 0 Å². The summed E-state index contributed by atoms with van der Waals surface area (Å²) in [5.41, 5.74) is 3.74. The first-order valence-corrected chi connectivity index (χ1v) is 17.3. The third-order valence-electron chi connectivity index (χ3n) is 8.98. The summed E-state index contributed by atoms with van der Waals surface area (Å²) in [4.78, 5) is 21.7. The third kappa shape index (κ3) is 7.40. The topological polar surface area (TPSA) is 123 Å². The van der Waals surface area contributed by atoms with Gasteiger partial charge in [-0.3, -0.25) is 0 Å². The normalized spacial score (nSPS) is 19.1. The summed E-state index contributed by atoms with van der Waals surface area (Å²) in [7, 11) is 0. The molecule has 0 radical (unpaired) electrons. The Hall–Kier alpha value is -4.33. The zero-order chi connectivity index (χ0) is 34.0. The number of nitrogens with zero attached hydrogens (tertiary/aromatic N) is 7. The molecule has 2 fully saturated rings. The van der Waals surface area contributed by atoms with Crippen molar-refractivity contribution in [1.82, 2.24) is 23.9 Å². The van der Waals surface area contributed by atoms with Gasteiger partial charge in [-0.15, -0.1) is 0 Å². The van der Waals surface area contributed by atoms with Gasteiger partial charge in [0.2, 0.25) is 5.79 Å². The number of aryl methyl sites for hydroxylation is 2. The number of benzene rings is 3. The average Bonchev–Trinajstić information content (AvgIpc) is 3.84. The first-order valence-electron chi connectivity index (χ1n) is 16.5. The molecular formula is C36H41Cl2N7O5. The molecule has 0 aliphatic carbocycles. The van der Waals surface area contributed by atoms with Crippen molar-refractivity contribution in [1.29, 1.82) is 0 Å². The molecule has 2 aromatic heterocycles. The quantitative estimate of drug-likeness (QED) is 0.185. The number of anilines is 2. The molecule has 264 valence electrons. The second kappa shape index (κ2) is 15.3. The maximum Gasteiger partial charge on any atom is 0.350 e. The molecule has 2 saturated heterocycles. The molecule has 5 aromatic rings. The Morgan fingerprint density at radius 3 is 2.22 bits per heavy atom. The van der Waals surface area contributed by atoms with Gasteiger partial charge in [-0.2, -0.15) is 5.10 Å². The van der Waals surface area contributed by atoms with Crippen molar-refractivity contribution in [2.75, 3.05) is 49.2 Å². The van der Waals surface area contributed by atoms with Gasteiger partial charge >= 0.3 is 5.69 Å². The summed E-state index contributed by atoms with van der Waals surface area (Å²) in [6.45, 7) is 9.14. The molecule has 0 amide bonds. The second-order valence-corrected chi connectivity index (χ2v) is 13.2. The number of ether oxygens (including phenoxy) is 3. The van der Waals surface area contributed by atoms with Crippen molar-refractivity contribution in [2.24, 2.45) is 0 Å². The number of aromatic nitrogens is 5. The Balaban J connectivity index is 0.00000432. The Morgan fingerprint density at radius 2 is 1.60 bits per heavy atom. The molecule has 14 heteroatoms. The van der Waals surface area contributed by atoms with Crippen LogP contribution in [0.5, 0.6) is 5.75 Å². The highest BCUT2D eigenvalue weighted by Crippen LogP contribution is 2.40. The number of halogens is 2. The predicted octanol–water partition coefficient (Wildman–Crippen LogP) is 5.11. The van der Waals surface area contributed by atoms with Crippen molar-refractivity contribution in [3.63, 3.8) is 0 Å². The van der Waals surface area contributed by atoms with Gasteiger partial charge in [0.15, 0.2) is 0 Å². The second-order valence-electron chi connectivity index (χ2n) is 12.3. The van der Waals surface area contributed by atoms with Gasteiger partial charge in [-0.05, 0) is 74.0 Å². The minimum absolute atomic E-state index is 0. The molecule has 0 saturated carbocycles. The number of hydrogen-bond acceptors (Lipinski definition) is 8. The molecular weight excluding hydrogens is 681 g/mol. The van der Waals surface area contributed by atoms with E-state index in [0.29, 0.717) is 47.7 Å². The van der Waals surface area contributed by atoms with Crippen molar-refractivity contribution >= 4 is 34.6 Å². The van der Waals surface area contributed by atoms with Crippen LogP contribution in [0.25, 0.3) is 5.69 Å². The Labute approximate surface area is 300 Å². The smallest absolute Gasteiger partial charge is 0.350 e. The highest BCUT2D eigenvalue weighted by molar-refractivity contribution is 6.35. The van der Waals surface area contributed by atoms with Gasteiger partial charge in [0.25, 0.3) is 0 Å². The molecule has 12 nitrogen and oxygen atoms in total. The summed E-state index contributed by atoms with van der Waals surface area (Å²) in [6.07, 6.45) is 5.85. The summed E-state index contributed by atoms with van der Waals surface area (Å²) >= 11 is 12.8. The van der Waals surface area contributed by atoms with Crippen molar-refractivity contribution in [2.45, 2.75) is 45.2 Å². The monoisotopic (exact) mass is 721 g/mol. The van der Waals surface area contributed by atoms with E-state index in [1.807, 2.05) is 54.9 Å². The first kappa shape index (κ1) is 35.5. The lowest BCUT2D eigenvalue weighted by Crippen LogP contribution is -2.46. The lowest BCUT2D eigenvalue weighted by Gasteiger charge is -2.37. The van der Waals surface area contributed by atoms with Crippen LogP contribution in [-0.4, -0.2) is 74.9 Å². The van der Waals surface area contributed by atoms with Gasteiger partial charge in [-0.1, -0.05) is 36.2 Å². The molecule has 7 rings (SSSR count). The van der Waals surface area contributed by atoms with Crippen molar-refractivity contribution in [3.8, 4) is 11.4 Å². The molecule has 0 spiro atoms. The molecule has 0 unspecified atom stereocenters. The average molecular weight is 723 g/mol. The lowest BCUT2D eigenvalue weighted by atomic mass is 10.1. The fourth-order valence-electron chi connectivity index (χ4n) is 6.52. The lowest BCUT2D eigenvalue weighted by molar-refractivity contribution is -0.189. The van der Waals surface area contributed by atoms with E-state index in [1.165, 1.54) is 4.68 Å². The van der Waals surface area contributed by atoms with E-state index in [4.69, 9.17) is 37.4 Å². The van der Waals surface area contributed by atoms with Gasteiger partial charge in [0.05, 0.1) is 30.2 Å². The molecule has 0 bridgehead atoms. The molecule has 2 N–H and O–H groups in total. The van der Waals surface area contributed by atoms with Crippen LogP contribution < -0.4 is 20.2 Å². The Morgan fingerprint density at radius 1 is 0.940 bits per heavy atom. The minimum Gasteiger partial charge on any atom is -0.491 e. The van der Waals surface area contributed by atoms with Crippen LogP contribution in [0, 0.1) is 6.92 Å². The van der Waals surface area contributed by atoms with Crippen LogP contribution in [-0.2, 0) is 28.4 Å². The van der Waals surface area contributed by atoms with Crippen molar-refractivity contribution < 1.29 is 19.7 Å². The van der Waals surface area contributed by atoms with Gasteiger partial charge < -0.3 is 34.1 Å². The summed E-state index contributed by atoms with van der Waals surface area (Å²) in [5, 5.41) is 5.43. The molecule has 2 aliphatic heterocycles. The van der Waals surface area contributed by atoms with Crippen LogP contribution in [0.2, 0.25) is 10.0 Å². The standard InChI is InChI=1S/C36H39Cl2N7O4.H2O/c1-3-15-44-35(46)45(26(2)40-44)30-7-5-28(6-8-30)42-17-19-43(20-18-42)29-9-11-31(12-10-29)47-22-32-23-48-36(49-32,24-41-16-14-39-25-41)33-13-4-27(37)21-34(33)38;/h4-14,16,21,25,32H,3,15,17-20,22-24H2,1-2H3;1H2/t32-,36-;/m1./s1. The molecule has 2 aliphatic rings. The SMILES string of the molecule is CCCn1nc(C)n(-c2ccc(N3CCN(c4ccc(OC[C@@H]5CO[C@@](Cn6ccnc6)(c6ccc(Cl)cc6Cl)O5)cc4)CC3)cc2)c1=O.O. The summed E-state index contributed by atoms with van der Waals surface area (Å²) < 4.78 is 24.1. The summed E-state index contributed by atoms with van der Waals surface area (Å²) in [5.74, 6) is 0.360. The van der Waals surface area contributed by atoms with Crippen LogP contribution >= 0.6 is 23.2 Å². The fraction of sp³-hybridized carbons (Fsp3) is 0.361. The van der Waals surface area contributed by atoms with E-state index in [1.54, 1.807) is 29.2 Å². The van der Waals surface area contributed by atoms with Gasteiger partial charge in [0.1, 0.15) is 24.3 Å². The number of imidazole rings is 1. The predicted molar refractivity (Wildman–Crippen MR) is 194 cm³/mol. The Bertz CT molecular complexity index is 1920. The zero-order valence-electron chi connectivity index (χ0n) is 28.0. The number of rotatable bonds is 11. The van der Waals surface area contributed by atoms with Gasteiger partial charge in [0, 0.05) is 67.1 Å². The molecule has 3 aromatic carbocycles. The maximum absolute atomic E-state index is 12.8. The van der Waals surface area contributed by atoms with E-state index in [2.05, 4.69) is 44.1 Å². The molecule has 4 heterocycles. The zero-order valence-corrected chi connectivity index (χ0v) is 29.6. The minimum atomic E-state index is -1.10. The fourth-order valence-corrected chi connectivity index (χ4v) is 7.08. The maximum atomic E-state index is 12.8. The Kier molecular flexibility index (Phi) is 10.8. The van der Waals surface area contributed by atoms with E-state index in [9.17, 15) is 4.79 Å². The van der Waals surface area contributed by atoms with E-state index >= 15 is 0 Å². The largest absolute Gasteiger partial charge is 0.491 e. The van der Waals surface area contributed by atoms with Crippen LogP contribution in [0.1, 0.15) is 24.7 Å². The van der Waals surface area contributed by atoms with E-state index in [-0.39, 0.29) is 17.3 Å². The van der Waals surface area contributed by atoms with Crippen molar-refractivity contribution in [3.05, 3.63) is 117 Å². The van der Waals surface area contributed by atoms with Crippen LogP contribution in [0.4, 0.5) is 11.4 Å². The first-order chi connectivity index (χ1) is 23.8. The summed E-state index contributed by atoms with van der Waals surface area (Å²) in [6, 6.07) is 21.7. The highest BCUT2D eigenvalue weighted by atomic mass is 35.5. The van der Waals surface area contributed by atoms with Gasteiger partial charge in [-0.25, -0.2) is 19.0 Å². The van der Waals surface area contributed by atoms with E-state index in [0.717, 1.165) is 55.4 Å². The van der Waals surface area contributed by atoms with Crippen LogP contribution in [0.15, 0.2) is 90.2 Å². The highest BCUT2D eigenvalue weighted by Gasteiger charge is 2.45. The molecule has 2 atom stereocenters. The third-order valence-corrected chi connectivity index (χ3v) is 9.53. The number of hydrogen-bond donors (Lipinski definition) is 0. The van der Waals surface area contributed by atoms with E-state index < -0.39 is 5.79 Å². The molecule has 50 heavy (non-hydrogen) atoms. The number of piperazine rings is 1.